The molecule has 0 spiro atoms. The van der Waals surface area contributed by atoms with Crippen molar-refractivity contribution in [1.29, 1.82) is 0 Å². The van der Waals surface area contributed by atoms with Crippen molar-refractivity contribution in [3.8, 4) is 0 Å². The highest BCUT2D eigenvalue weighted by Crippen LogP contribution is 1.95. The first-order chi connectivity index (χ1) is 2.41. The van der Waals surface area contributed by atoms with E-state index in [2.05, 4.69) is 12.6 Å². The monoisotopic (exact) mass is 110 g/mol. The number of aliphatic hydroxyl groups excluding tert-OH is 1. The molecule has 0 unspecified atom stereocenters. The zero-order chi connectivity index (χ0) is 4.12. The molecule has 1 N–H and O–H groups in total. The van der Waals surface area contributed by atoms with Gasteiger partial charge in [-0.3, -0.25) is 0 Å². The van der Waals surface area contributed by atoms with Crippen LogP contribution in [0.3, 0.4) is 0 Å². The first-order valence-corrected chi connectivity index (χ1v) is 3.00. The van der Waals surface area contributed by atoms with Gasteiger partial charge in [0.2, 0.25) is 0 Å². The number of rotatable bonds is 2. The first kappa shape index (κ1) is 5.66. The molecular formula is C2H6OS2. The third kappa shape index (κ3) is 4.66. The van der Waals surface area contributed by atoms with Gasteiger partial charge in [0.05, 0.1) is 5.94 Å². The molecule has 0 saturated carbocycles. The summed E-state index contributed by atoms with van der Waals surface area (Å²) in [7, 11) is 0. The maximum Gasteiger partial charge on any atom is 0.0894 e. The zero-order valence-corrected chi connectivity index (χ0v) is 4.43. The van der Waals surface area contributed by atoms with E-state index in [1.165, 1.54) is 11.8 Å². The largest absolute Gasteiger partial charge is 0.386 e. The molecule has 0 fully saturated rings. The number of hydrogen-bond donors (Lipinski definition) is 2. The van der Waals surface area contributed by atoms with E-state index >= 15 is 0 Å². The Morgan fingerprint density at radius 3 is 2.40 bits per heavy atom. The lowest BCUT2D eigenvalue weighted by molar-refractivity contribution is 0.375. The molecule has 0 aliphatic carbocycles. The van der Waals surface area contributed by atoms with Gasteiger partial charge in [0.1, 0.15) is 0 Å². The number of thiol groups is 1. The van der Waals surface area contributed by atoms with Crippen molar-refractivity contribution < 1.29 is 5.11 Å². The average Bonchev–Trinajstić information content (AvgIpc) is 1.41. The second-order valence-electron chi connectivity index (χ2n) is 0.462. The molecule has 0 bridgehead atoms. The second-order valence-corrected chi connectivity index (χ2v) is 2.16. The Bertz CT molecular complexity index is 15.1. The molecule has 0 heterocycles. The molecule has 5 heavy (non-hydrogen) atoms. The Kier molecular flexibility index (Phi) is 5.28. The lowest BCUT2D eigenvalue weighted by Crippen LogP contribution is -1.67. The molecular weight excluding hydrogens is 104 g/mol. The van der Waals surface area contributed by atoms with E-state index in [1.54, 1.807) is 0 Å². The fourth-order valence-electron chi connectivity index (χ4n) is 0.0408. The molecule has 0 rings (SSSR count). The van der Waals surface area contributed by atoms with Gasteiger partial charge in [-0.15, -0.1) is 11.8 Å². The van der Waals surface area contributed by atoms with Crippen LogP contribution in [0.1, 0.15) is 0 Å². The smallest absolute Gasteiger partial charge is 0.0894 e. The fraction of sp³-hybridized carbons (Fsp3) is 1.00. The van der Waals surface area contributed by atoms with Crippen LogP contribution in [-0.4, -0.2) is 16.1 Å². The summed E-state index contributed by atoms with van der Waals surface area (Å²) in [5.74, 6) is 0.184. The zero-order valence-electron chi connectivity index (χ0n) is 2.72. The summed E-state index contributed by atoms with van der Waals surface area (Å²) in [4.78, 5) is 0. The van der Waals surface area contributed by atoms with E-state index in [1.807, 2.05) is 0 Å². The lowest BCUT2D eigenvalue weighted by atomic mass is 11.7. The molecule has 0 aromatic carbocycles. The minimum Gasteiger partial charge on any atom is -0.386 e. The predicted molar refractivity (Wildman–Crippen MR) is 28.5 cm³/mol. The Balaban J connectivity index is 2.19. The van der Waals surface area contributed by atoms with Crippen molar-refractivity contribution in [3.63, 3.8) is 0 Å². The topological polar surface area (TPSA) is 20.2 Å². The molecule has 0 amide bonds. The molecule has 0 aliphatic heterocycles. The third-order valence-corrected chi connectivity index (χ3v) is 1.10. The summed E-state index contributed by atoms with van der Waals surface area (Å²) in [6.45, 7) is 0. The van der Waals surface area contributed by atoms with Gasteiger partial charge in [-0.2, -0.15) is 12.6 Å². The van der Waals surface area contributed by atoms with Crippen LogP contribution < -0.4 is 0 Å². The van der Waals surface area contributed by atoms with E-state index in [9.17, 15) is 0 Å². The van der Waals surface area contributed by atoms with Gasteiger partial charge in [-0.05, 0) is 0 Å². The maximum atomic E-state index is 7.98. The van der Waals surface area contributed by atoms with E-state index < -0.39 is 0 Å². The normalized spacial score (nSPS) is 8.40. The number of thioether (sulfide) groups is 1. The van der Waals surface area contributed by atoms with E-state index in [-0.39, 0.29) is 5.94 Å². The van der Waals surface area contributed by atoms with Gasteiger partial charge in [0.25, 0.3) is 0 Å². The van der Waals surface area contributed by atoms with Gasteiger partial charge in [-0.1, -0.05) is 0 Å². The van der Waals surface area contributed by atoms with Crippen molar-refractivity contribution >= 4 is 24.4 Å². The molecule has 0 aromatic heterocycles. The van der Waals surface area contributed by atoms with Crippen LogP contribution in [0.5, 0.6) is 0 Å². The first-order valence-electron chi connectivity index (χ1n) is 1.21. The van der Waals surface area contributed by atoms with E-state index in [0.717, 1.165) is 0 Å². The van der Waals surface area contributed by atoms with Crippen LogP contribution in [0.4, 0.5) is 0 Å². The Hall–Kier alpha value is 0.660. The highest BCUT2D eigenvalue weighted by Gasteiger charge is 1.68. The number of aliphatic hydroxyl groups is 1. The van der Waals surface area contributed by atoms with Crippen LogP contribution in [-0.2, 0) is 0 Å². The minimum atomic E-state index is 0.184. The van der Waals surface area contributed by atoms with Crippen LogP contribution in [0.2, 0.25) is 0 Å². The summed E-state index contributed by atoms with van der Waals surface area (Å²) in [6.07, 6.45) is 0. The highest BCUT2D eigenvalue weighted by atomic mass is 32.2. The Morgan fingerprint density at radius 1 is 1.80 bits per heavy atom. The van der Waals surface area contributed by atoms with Crippen LogP contribution in [0.25, 0.3) is 0 Å². The van der Waals surface area contributed by atoms with Gasteiger partial charge < -0.3 is 5.11 Å². The Labute approximate surface area is 41.2 Å². The van der Waals surface area contributed by atoms with Crippen molar-refractivity contribution in [2.75, 3.05) is 11.0 Å². The molecule has 1 nitrogen and oxygen atoms in total. The average molecular weight is 110 g/mol. The molecule has 32 valence electrons. The minimum absolute atomic E-state index is 0.184. The van der Waals surface area contributed by atoms with Crippen molar-refractivity contribution in [3.05, 3.63) is 0 Å². The lowest BCUT2D eigenvalue weighted by Gasteiger charge is -1.79. The quantitative estimate of drug-likeness (QED) is 0.400. The third-order valence-electron chi connectivity index (χ3n) is 0.183. The van der Waals surface area contributed by atoms with Crippen LogP contribution in [0.15, 0.2) is 0 Å². The number of hydrogen-bond acceptors (Lipinski definition) is 3. The summed E-state index contributed by atoms with van der Waals surface area (Å²) < 4.78 is 0. The van der Waals surface area contributed by atoms with Crippen LogP contribution in [0, 0.1) is 0 Å². The standard InChI is InChI=1S/C2H6OS2/c3-1-5-2-4/h3-4H,1-2H2. The predicted octanol–water partition coefficient (Wildman–Crippen LogP) is 0.557. The molecule has 0 atom stereocenters. The highest BCUT2D eigenvalue weighted by molar-refractivity contribution is 8.09. The second kappa shape index (κ2) is 4.66. The molecule has 0 saturated heterocycles. The van der Waals surface area contributed by atoms with Gasteiger partial charge in [-0.25, -0.2) is 0 Å². The van der Waals surface area contributed by atoms with Crippen LogP contribution >= 0.6 is 24.4 Å². The summed E-state index contributed by atoms with van der Waals surface area (Å²) in [6, 6.07) is 0. The van der Waals surface area contributed by atoms with Gasteiger partial charge in [0.15, 0.2) is 0 Å². The van der Waals surface area contributed by atoms with Crippen molar-refractivity contribution in [1.82, 2.24) is 0 Å². The summed E-state index contributed by atoms with van der Waals surface area (Å²) >= 11 is 5.19. The van der Waals surface area contributed by atoms with Crippen molar-refractivity contribution in [2.24, 2.45) is 0 Å². The van der Waals surface area contributed by atoms with Gasteiger partial charge >= 0.3 is 0 Å². The maximum absolute atomic E-state index is 7.98. The SMILES string of the molecule is OCSCS. The summed E-state index contributed by atoms with van der Waals surface area (Å²) in [5.41, 5.74) is 0. The molecule has 0 radical (unpaired) electrons. The Morgan fingerprint density at radius 2 is 2.40 bits per heavy atom. The molecule has 0 aromatic rings. The fourth-order valence-corrected chi connectivity index (χ4v) is 0.367. The van der Waals surface area contributed by atoms with Gasteiger partial charge in [0, 0.05) is 5.08 Å². The molecule has 3 heteroatoms. The van der Waals surface area contributed by atoms with E-state index in [0.29, 0.717) is 5.08 Å². The van der Waals surface area contributed by atoms with E-state index in [4.69, 9.17) is 5.11 Å². The molecule has 0 aliphatic rings. The summed E-state index contributed by atoms with van der Waals surface area (Å²) in [5, 5.41) is 8.69. The van der Waals surface area contributed by atoms with Crippen molar-refractivity contribution in [2.45, 2.75) is 0 Å².